The fraction of sp³-hybridized carbons (Fsp3) is 0.367. The predicted octanol–water partition coefficient (Wildman–Crippen LogP) is 4.84. The molecule has 3 fully saturated rings. The maximum absolute atomic E-state index is 14.7. The first-order valence-electron chi connectivity index (χ1n) is 13.3. The zero-order valence-electron chi connectivity index (χ0n) is 21.3. The van der Waals surface area contributed by atoms with E-state index in [1.807, 2.05) is 0 Å². The van der Waals surface area contributed by atoms with Crippen molar-refractivity contribution in [3.63, 3.8) is 0 Å². The number of aromatic hydroxyl groups is 1. The number of fused-ring (bicyclic) bond motifs is 3. The highest BCUT2D eigenvalue weighted by atomic mass is 19.1. The molecule has 5 heterocycles. The SMILES string of the molecule is C#Cc1c(F)ccc2cc(O)cc(-c3cc4nc(OC[C@@]56CCCN5CC(F)C6)ncc4c(N4CCC4)n3)c12. The van der Waals surface area contributed by atoms with Crippen LogP contribution in [-0.2, 0) is 0 Å². The second-order valence-corrected chi connectivity index (χ2v) is 10.8. The Kier molecular flexibility index (Phi) is 5.56. The third-order valence-electron chi connectivity index (χ3n) is 8.40. The lowest BCUT2D eigenvalue weighted by Gasteiger charge is -2.33. The molecule has 7 rings (SSSR count). The van der Waals surface area contributed by atoms with Crippen molar-refractivity contribution in [3.05, 3.63) is 47.9 Å². The van der Waals surface area contributed by atoms with Crippen LogP contribution in [0.1, 0.15) is 31.2 Å². The Labute approximate surface area is 224 Å². The van der Waals surface area contributed by atoms with Gasteiger partial charge in [-0.25, -0.2) is 18.7 Å². The molecule has 39 heavy (non-hydrogen) atoms. The molecule has 3 aliphatic heterocycles. The molecule has 198 valence electrons. The van der Waals surface area contributed by atoms with E-state index >= 15 is 0 Å². The number of hydrogen-bond donors (Lipinski definition) is 1. The van der Waals surface area contributed by atoms with Gasteiger partial charge in [0, 0.05) is 43.2 Å². The number of phenolic OH excluding ortho intramolecular Hbond substituents is 1. The lowest BCUT2D eigenvalue weighted by molar-refractivity contribution is 0.107. The van der Waals surface area contributed by atoms with Gasteiger partial charge in [-0.15, -0.1) is 6.42 Å². The molecule has 3 aliphatic rings. The van der Waals surface area contributed by atoms with Gasteiger partial charge in [0.15, 0.2) is 0 Å². The number of benzene rings is 2. The zero-order chi connectivity index (χ0) is 26.7. The third-order valence-corrected chi connectivity index (χ3v) is 8.40. The summed E-state index contributed by atoms with van der Waals surface area (Å²) in [6.45, 7) is 3.36. The number of aromatic nitrogens is 3. The van der Waals surface area contributed by atoms with Gasteiger partial charge in [0.1, 0.15) is 30.2 Å². The molecule has 3 saturated heterocycles. The van der Waals surface area contributed by atoms with E-state index in [-0.39, 0.29) is 22.9 Å². The van der Waals surface area contributed by atoms with Crippen LogP contribution in [0.5, 0.6) is 11.8 Å². The van der Waals surface area contributed by atoms with Gasteiger partial charge in [0.05, 0.1) is 27.7 Å². The molecule has 0 bridgehead atoms. The largest absolute Gasteiger partial charge is 0.508 e. The Hall–Kier alpha value is -4.03. The number of pyridine rings is 1. The van der Waals surface area contributed by atoms with Crippen LogP contribution in [0.3, 0.4) is 0 Å². The number of ether oxygens (including phenoxy) is 1. The highest BCUT2D eigenvalue weighted by molar-refractivity contribution is 6.03. The number of alkyl halides is 1. The molecular weight excluding hydrogens is 500 g/mol. The van der Waals surface area contributed by atoms with Crippen molar-refractivity contribution < 1.29 is 18.6 Å². The molecule has 4 aromatic rings. The summed E-state index contributed by atoms with van der Waals surface area (Å²) in [4.78, 5) is 18.5. The summed E-state index contributed by atoms with van der Waals surface area (Å²) in [6, 6.07) is 8.01. The van der Waals surface area contributed by atoms with Crippen LogP contribution < -0.4 is 9.64 Å². The van der Waals surface area contributed by atoms with Crippen LogP contribution in [-0.4, -0.2) is 69.5 Å². The van der Waals surface area contributed by atoms with E-state index in [1.54, 1.807) is 30.5 Å². The number of halogens is 2. The standard InChI is InChI=1S/C30H27F2N5O2/c1-2-21-24(32)6-5-18-11-20(38)12-22(27(18)21)25-13-26-23(28(34-25)36-8-4-9-36)15-33-29(35-26)39-17-30-7-3-10-37(30)16-19(31)14-30/h1,5-6,11-13,15,19,38H,3-4,7-10,14,16-17H2/t19?,30-/m0/s1. The van der Waals surface area contributed by atoms with Crippen LogP contribution in [0.2, 0.25) is 0 Å². The van der Waals surface area contributed by atoms with Gasteiger partial charge in [0.2, 0.25) is 0 Å². The Morgan fingerprint density at radius 1 is 1.15 bits per heavy atom. The Bertz CT molecular complexity index is 1670. The molecule has 1 N–H and O–H groups in total. The summed E-state index contributed by atoms with van der Waals surface area (Å²) >= 11 is 0. The van der Waals surface area contributed by atoms with E-state index < -0.39 is 12.0 Å². The second kappa shape index (κ2) is 9.02. The Morgan fingerprint density at radius 2 is 2.03 bits per heavy atom. The molecular formula is C30H27F2N5O2. The maximum atomic E-state index is 14.7. The molecule has 7 nitrogen and oxygen atoms in total. The number of phenols is 1. The van der Waals surface area contributed by atoms with Gasteiger partial charge in [-0.2, -0.15) is 4.98 Å². The summed E-state index contributed by atoms with van der Waals surface area (Å²) < 4.78 is 35.0. The van der Waals surface area contributed by atoms with Crippen LogP contribution in [0, 0.1) is 18.2 Å². The normalized spacial score (nSPS) is 22.7. The number of hydrogen-bond acceptors (Lipinski definition) is 7. The summed E-state index contributed by atoms with van der Waals surface area (Å²) in [6.07, 6.45) is 10.0. The van der Waals surface area contributed by atoms with Gasteiger partial charge >= 0.3 is 6.01 Å². The van der Waals surface area contributed by atoms with Gasteiger partial charge < -0.3 is 14.7 Å². The van der Waals surface area contributed by atoms with Crippen molar-refractivity contribution in [2.24, 2.45) is 0 Å². The van der Waals surface area contributed by atoms with Crippen LogP contribution in [0.15, 0.2) is 36.5 Å². The monoisotopic (exact) mass is 527 g/mol. The topological polar surface area (TPSA) is 74.6 Å². The van der Waals surface area contributed by atoms with Crippen molar-refractivity contribution in [3.8, 4) is 35.4 Å². The predicted molar refractivity (Wildman–Crippen MR) is 145 cm³/mol. The van der Waals surface area contributed by atoms with Crippen molar-refractivity contribution in [1.82, 2.24) is 19.9 Å². The first kappa shape index (κ1) is 24.0. The number of anilines is 1. The van der Waals surface area contributed by atoms with E-state index in [1.165, 1.54) is 6.07 Å². The second-order valence-electron chi connectivity index (χ2n) is 10.8. The lowest BCUT2D eigenvalue weighted by atomic mass is 9.95. The highest BCUT2D eigenvalue weighted by Gasteiger charge is 2.49. The van der Waals surface area contributed by atoms with Gasteiger partial charge in [-0.05, 0) is 55.5 Å². The summed E-state index contributed by atoms with van der Waals surface area (Å²) in [7, 11) is 0. The first-order valence-corrected chi connectivity index (χ1v) is 13.3. The van der Waals surface area contributed by atoms with E-state index in [9.17, 15) is 13.9 Å². The quantitative estimate of drug-likeness (QED) is 0.373. The molecule has 0 spiro atoms. The summed E-state index contributed by atoms with van der Waals surface area (Å²) in [5.41, 5.74) is 1.44. The number of nitrogens with zero attached hydrogens (tertiary/aromatic N) is 5. The number of rotatable bonds is 5. The van der Waals surface area contributed by atoms with E-state index in [2.05, 4.69) is 20.7 Å². The first-order chi connectivity index (χ1) is 18.9. The van der Waals surface area contributed by atoms with E-state index in [0.29, 0.717) is 52.9 Å². The average molecular weight is 528 g/mol. The van der Waals surface area contributed by atoms with Crippen LogP contribution in [0.25, 0.3) is 32.9 Å². The van der Waals surface area contributed by atoms with Gasteiger partial charge in [0.25, 0.3) is 0 Å². The molecule has 0 saturated carbocycles. The van der Waals surface area contributed by atoms with Crippen molar-refractivity contribution in [2.75, 3.05) is 37.7 Å². The van der Waals surface area contributed by atoms with Crippen LogP contribution >= 0.6 is 0 Å². The molecule has 2 aromatic carbocycles. The minimum atomic E-state index is -0.839. The molecule has 0 radical (unpaired) electrons. The van der Waals surface area contributed by atoms with Crippen molar-refractivity contribution in [1.29, 1.82) is 0 Å². The molecule has 0 amide bonds. The fourth-order valence-corrected chi connectivity index (χ4v) is 6.39. The zero-order valence-corrected chi connectivity index (χ0v) is 21.3. The van der Waals surface area contributed by atoms with Gasteiger partial charge in [-0.3, -0.25) is 4.90 Å². The minimum Gasteiger partial charge on any atom is -0.508 e. The van der Waals surface area contributed by atoms with Crippen molar-refractivity contribution in [2.45, 2.75) is 37.4 Å². The smallest absolute Gasteiger partial charge is 0.316 e. The minimum absolute atomic E-state index is 0.0225. The third kappa shape index (κ3) is 3.93. The fourth-order valence-electron chi connectivity index (χ4n) is 6.39. The Morgan fingerprint density at radius 3 is 2.82 bits per heavy atom. The summed E-state index contributed by atoms with van der Waals surface area (Å²) in [5, 5.41) is 12.4. The lowest BCUT2D eigenvalue weighted by Crippen LogP contribution is -2.43. The molecule has 2 atom stereocenters. The van der Waals surface area contributed by atoms with E-state index in [0.717, 1.165) is 44.3 Å². The molecule has 9 heteroatoms. The van der Waals surface area contributed by atoms with E-state index in [4.69, 9.17) is 21.1 Å². The highest BCUT2D eigenvalue weighted by Crippen LogP contribution is 2.41. The molecule has 2 aromatic heterocycles. The number of terminal acetylenes is 1. The Balaban J connectivity index is 1.34. The van der Waals surface area contributed by atoms with Crippen molar-refractivity contribution >= 4 is 27.5 Å². The molecule has 1 unspecified atom stereocenters. The average Bonchev–Trinajstić information content (AvgIpc) is 3.41. The summed E-state index contributed by atoms with van der Waals surface area (Å²) in [5.74, 6) is 2.69. The maximum Gasteiger partial charge on any atom is 0.316 e. The van der Waals surface area contributed by atoms with Gasteiger partial charge in [-0.1, -0.05) is 12.0 Å². The van der Waals surface area contributed by atoms with Crippen LogP contribution in [0.4, 0.5) is 14.6 Å². The molecule has 0 aliphatic carbocycles.